The quantitative estimate of drug-likeness (QED) is 0.409. The van der Waals surface area contributed by atoms with E-state index in [2.05, 4.69) is 36.0 Å². The summed E-state index contributed by atoms with van der Waals surface area (Å²) in [5.41, 5.74) is 0. The van der Waals surface area contributed by atoms with Crippen molar-refractivity contribution in [3.8, 4) is 0 Å². The Morgan fingerprint density at radius 1 is 1.52 bits per heavy atom. The summed E-state index contributed by atoms with van der Waals surface area (Å²) in [5, 5.41) is 13.4. The second-order valence-corrected chi connectivity index (χ2v) is 6.46. The smallest absolute Gasteiger partial charge is 0.194 e. The molecule has 1 saturated heterocycles. The molecule has 2 rings (SSSR count). The number of nitrogens with zero attached hydrogens (tertiary/aromatic N) is 2. The molecule has 132 valence electrons. The van der Waals surface area contributed by atoms with Crippen LogP contribution in [0.4, 0.5) is 0 Å². The van der Waals surface area contributed by atoms with Crippen molar-refractivity contribution in [3.63, 3.8) is 0 Å². The second kappa shape index (κ2) is 10.2. The van der Waals surface area contributed by atoms with E-state index >= 15 is 0 Å². The summed E-state index contributed by atoms with van der Waals surface area (Å²) in [6.07, 6.45) is 3.39. The number of likely N-dealkylation sites (tertiary alicyclic amines) is 1. The van der Waals surface area contributed by atoms with Crippen molar-refractivity contribution in [2.24, 2.45) is 16.8 Å². The lowest BCUT2D eigenvalue weighted by Gasteiger charge is -2.22. The summed E-state index contributed by atoms with van der Waals surface area (Å²) < 4.78 is 5.22. The van der Waals surface area contributed by atoms with Crippen molar-refractivity contribution >= 4 is 29.9 Å². The molecule has 1 aliphatic heterocycles. The standard InChI is InChI=1S/C17H29N3O2.HI/c1-4-18-17(19-11-15(21)16-6-5-9-22-16)20-8-7-14(12-20)10-13(2)3;/h5-6,9,13-15,21H,4,7-8,10-12H2,1-3H3,(H,18,19);1H. The summed E-state index contributed by atoms with van der Waals surface area (Å²) in [5.74, 6) is 2.96. The van der Waals surface area contributed by atoms with Gasteiger partial charge in [-0.15, -0.1) is 24.0 Å². The molecule has 1 fully saturated rings. The molecular formula is C17H30IN3O2. The molecule has 0 saturated carbocycles. The van der Waals surface area contributed by atoms with Crippen molar-refractivity contribution < 1.29 is 9.52 Å². The molecule has 2 unspecified atom stereocenters. The Kier molecular flexibility index (Phi) is 8.98. The summed E-state index contributed by atoms with van der Waals surface area (Å²) in [6.45, 7) is 9.88. The first-order valence-electron chi connectivity index (χ1n) is 8.34. The molecule has 1 aromatic heterocycles. The van der Waals surface area contributed by atoms with Gasteiger partial charge in [-0.1, -0.05) is 13.8 Å². The van der Waals surface area contributed by atoms with E-state index in [1.54, 1.807) is 18.4 Å². The zero-order valence-electron chi connectivity index (χ0n) is 14.4. The first-order valence-corrected chi connectivity index (χ1v) is 8.34. The van der Waals surface area contributed by atoms with Crippen LogP contribution in [0, 0.1) is 11.8 Å². The van der Waals surface area contributed by atoms with Crippen molar-refractivity contribution in [1.82, 2.24) is 10.2 Å². The Hall–Kier alpha value is -0.760. The monoisotopic (exact) mass is 435 g/mol. The molecule has 1 aromatic rings. The topological polar surface area (TPSA) is 61.0 Å². The third-order valence-electron chi connectivity index (χ3n) is 4.01. The zero-order chi connectivity index (χ0) is 15.9. The number of aliphatic hydroxyl groups excluding tert-OH is 1. The largest absolute Gasteiger partial charge is 0.467 e. The van der Waals surface area contributed by atoms with Crippen LogP contribution in [0.3, 0.4) is 0 Å². The predicted molar refractivity (Wildman–Crippen MR) is 104 cm³/mol. The fourth-order valence-electron chi connectivity index (χ4n) is 3.05. The van der Waals surface area contributed by atoms with Crippen LogP contribution in [0.2, 0.25) is 0 Å². The van der Waals surface area contributed by atoms with Crippen LogP contribution in [0.15, 0.2) is 27.8 Å². The average molecular weight is 435 g/mol. The number of aliphatic hydroxyl groups is 1. The molecule has 0 aliphatic carbocycles. The van der Waals surface area contributed by atoms with Gasteiger partial charge in [-0.3, -0.25) is 0 Å². The van der Waals surface area contributed by atoms with Gasteiger partial charge in [0.25, 0.3) is 0 Å². The Balaban J connectivity index is 0.00000264. The molecule has 0 amide bonds. The van der Waals surface area contributed by atoms with E-state index in [-0.39, 0.29) is 24.0 Å². The predicted octanol–water partition coefficient (Wildman–Crippen LogP) is 3.26. The number of guanidine groups is 1. The highest BCUT2D eigenvalue weighted by Crippen LogP contribution is 2.23. The van der Waals surface area contributed by atoms with Gasteiger partial charge >= 0.3 is 0 Å². The molecule has 5 nitrogen and oxygen atoms in total. The van der Waals surface area contributed by atoms with E-state index in [0.29, 0.717) is 12.3 Å². The highest BCUT2D eigenvalue weighted by molar-refractivity contribution is 14.0. The number of hydrogen-bond acceptors (Lipinski definition) is 3. The van der Waals surface area contributed by atoms with Gasteiger partial charge in [-0.05, 0) is 43.7 Å². The minimum Gasteiger partial charge on any atom is -0.467 e. The van der Waals surface area contributed by atoms with Gasteiger partial charge in [0.2, 0.25) is 0 Å². The maximum atomic E-state index is 10.1. The van der Waals surface area contributed by atoms with Crippen LogP contribution in [0.25, 0.3) is 0 Å². The summed E-state index contributed by atoms with van der Waals surface area (Å²) in [6, 6.07) is 3.56. The lowest BCUT2D eigenvalue weighted by molar-refractivity contribution is 0.158. The van der Waals surface area contributed by atoms with Crippen LogP contribution in [-0.4, -0.2) is 42.1 Å². The first-order chi connectivity index (χ1) is 10.6. The summed E-state index contributed by atoms with van der Waals surface area (Å²) in [4.78, 5) is 6.90. The normalized spacial score (nSPS) is 19.8. The summed E-state index contributed by atoms with van der Waals surface area (Å²) in [7, 11) is 0. The van der Waals surface area contributed by atoms with E-state index in [1.807, 2.05) is 0 Å². The molecule has 23 heavy (non-hydrogen) atoms. The average Bonchev–Trinajstić information content (AvgIpc) is 3.13. The lowest BCUT2D eigenvalue weighted by atomic mass is 9.97. The lowest BCUT2D eigenvalue weighted by Crippen LogP contribution is -2.40. The summed E-state index contributed by atoms with van der Waals surface area (Å²) >= 11 is 0. The van der Waals surface area contributed by atoms with Crippen molar-refractivity contribution in [3.05, 3.63) is 24.2 Å². The van der Waals surface area contributed by atoms with Gasteiger partial charge in [-0.25, -0.2) is 4.99 Å². The van der Waals surface area contributed by atoms with Crippen molar-refractivity contribution in [1.29, 1.82) is 0 Å². The van der Waals surface area contributed by atoms with E-state index in [1.165, 1.54) is 12.8 Å². The Labute approximate surface area is 156 Å². The molecule has 0 aromatic carbocycles. The van der Waals surface area contributed by atoms with Crippen molar-refractivity contribution in [2.75, 3.05) is 26.2 Å². The molecule has 6 heteroatoms. The Bertz CT molecular complexity index is 462. The minimum atomic E-state index is -0.683. The van der Waals surface area contributed by atoms with E-state index < -0.39 is 6.10 Å². The molecular weight excluding hydrogens is 405 g/mol. The zero-order valence-corrected chi connectivity index (χ0v) is 16.7. The molecule has 0 bridgehead atoms. The van der Waals surface area contributed by atoms with Crippen LogP contribution in [-0.2, 0) is 0 Å². The Morgan fingerprint density at radius 3 is 2.91 bits per heavy atom. The highest BCUT2D eigenvalue weighted by atomic mass is 127. The van der Waals surface area contributed by atoms with Gasteiger partial charge in [0.15, 0.2) is 5.96 Å². The van der Waals surface area contributed by atoms with E-state index in [0.717, 1.165) is 37.4 Å². The minimum absolute atomic E-state index is 0. The third-order valence-corrected chi connectivity index (χ3v) is 4.01. The van der Waals surface area contributed by atoms with E-state index in [9.17, 15) is 5.11 Å². The molecule has 2 atom stereocenters. The first kappa shape index (κ1) is 20.3. The van der Waals surface area contributed by atoms with Crippen LogP contribution in [0.5, 0.6) is 0 Å². The van der Waals surface area contributed by atoms with Gasteiger partial charge in [0, 0.05) is 19.6 Å². The van der Waals surface area contributed by atoms with Crippen LogP contribution in [0.1, 0.15) is 45.5 Å². The van der Waals surface area contributed by atoms with E-state index in [4.69, 9.17) is 4.42 Å². The highest BCUT2D eigenvalue weighted by Gasteiger charge is 2.25. The third kappa shape index (κ3) is 6.33. The molecule has 0 spiro atoms. The van der Waals surface area contributed by atoms with Crippen LogP contribution >= 0.6 is 24.0 Å². The van der Waals surface area contributed by atoms with Gasteiger partial charge < -0.3 is 19.7 Å². The number of nitrogens with one attached hydrogen (secondary N) is 1. The number of hydrogen-bond donors (Lipinski definition) is 2. The van der Waals surface area contributed by atoms with Gasteiger partial charge in [0.05, 0.1) is 12.8 Å². The van der Waals surface area contributed by atoms with Gasteiger partial charge in [-0.2, -0.15) is 0 Å². The van der Waals surface area contributed by atoms with Crippen molar-refractivity contribution in [2.45, 2.75) is 39.7 Å². The molecule has 2 heterocycles. The SMILES string of the molecule is CCNC(=NCC(O)c1ccco1)N1CCC(CC(C)C)C1.I. The Morgan fingerprint density at radius 2 is 2.30 bits per heavy atom. The fourth-order valence-corrected chi connectivity index (χ4v) is 3.05. The van der Waals surface area contributed by atoms with Crippen LogP contribution < -0.4 is 5.32 Å². The second-order valence-electron chi connectivity index (χ2n) is 6.46. The number of furan rings is 1. The number of rotatable bonds is 6. The fraction of sp³-hybridized carbons (Fsp3) is 0.706. The number of aliphatic imine (C=N–C) groups is 1. The maximum Gasteiger partial charge on any atom is 0.194 e. The van der Waals surface area contributed by atoms with Gasteiger partial charge in [0.1, 0.15) is 11.9 Å². The number of halogens is 1. The maximum absolute atomic E-state index is 10.1. The molecule has 0 radical (unpaired) electrons. The molecule has 2 N–H and O–H groups in total. The molecule has 1 aliphatic rings.